The lowest BCUT2D eigenvalue weighted by molar-refractivity contribution is -0.134. The first-order valence-corrected chi connectivity index (χ1v) is 8.74. The van der Waals surface area contributed by atoms with Crippen molar-refractivity contribution in [3.8, 4) is 28.6 Å². The zero-order chi connectivity index (χ0) is 19.7. The van der Waals surface area contributed by atoms with Crippen LogP contribution in [0.1, 0.15) is 18.9 Å². The second-order valence-electron chi connectivity index (χ2n) is 6.21. The Morgan fingerprint density at radius 1 is 1.11 bits per heavy atom. The van der Waals surface area contributed by atoms with Gasteiger partial charge in [-0.3, -0.25) is 4.79 Å². The van der Waals surface area contributed by atoms with Gasteiger partial charge in [0.25, 0.3) is 5.89 Å². The average molecular weight is 376 g/mol. The van der Waals surface area contributed by atoms with Gasteiger partial charge in [0.2, 0.25) is 5.82 Å². The average Bonchev–Trinajstić information content (AvgIpc) is 3.17. The van der Waals surface area contributed by atoms with Crippen molar-refractivity contribution in [3.63, 3.8) is 0 Å². The van der Waals surface area contributed by atoms with E-state index < -0.39 is 5.63 Å². The molecule has 0 aliphatic heterocycles. The second-order valence-corrected chi connectivity index (χ2v) is 6.21. The number of fused-ring (bicyclic) bond motifs is 1. The fraction of sp³-hybridized carbons (Fsp3) is 0.143. The molecule has 0 fully saturated rings. The standard InChI is InChI=1S/C21H16N2O5/c1-3-18(24)26-14-9-8-13-10-16(21(25)27-17(13)11-14)20-22-19(23-28-20)15-7-5-4-6-12(15)2/h4-11H,3H2,1-2H3. The number of aromatic nitrogens is 2. The maximum Gasteiger partial charge on any atom is 0.349 e. The van der Waals surface area contributed by atoms with Gasteiger partial charge in [0, 0.05) is 23.4 Å². The summed E-state index contributed by atoms with van der Waals surface area (Å²) in [7, 11) is 0. The quantitative estimate of drug-likeness (QED) is 0.300. The molecule has 0 atom stereocenters. The van der Waals surface area contributed by atoms with Crippen molar-refractivity contribution in [1.82, 2.24) is 10.1 Å². The van der Waals surface area contributed by atoms with E-state index in [1.807, 2.05) is 31.2 Å². The van der Waals surface area contributed by atoms with Gasteiger partial charge in [0.05, 0.1) is 0 Å². The molecule has 7 nitrogen and oxygen atoms in total. The molecule has 0 aliphatic carbocycles. The fourth-order valence-electron chi connectivity index (χ4n) is 2.77. The zero-order valence-corrected chi connectivity index (χ0v) is 15.3. The van der Waals surface area contributed by atoms with Crippen molar-refractivity contribution in [3.05, 3.63) is 64.5 Å². The van der Waals surface area contributed by atoms with Crippen LogP contribution in [0.3, 0.4) is 0 Å². The summed E-state index contributed by atoms with van der Waals surface area (Å²) in [5.74, 6) is 0.424. The Labute approximate surface area is 159 Å². The highest BCUT2D eigenvalue weighted by molar-refractivity contribution is 5.82. The van der Waals surface area contributed by atoms with E-state index in [1.54, 1.807) is 25.1 Å². The van der Waals surface area contributed by atoms with Crippen LogP contribution in [0.5, 0.6) is 5.75 Å². The number of ether oxygens (including phenoxy) is 1. The van der Waals surface area contributed by atoms with Crippen LogP contribution in [-0.2, 0) is 4.79 Å². The van der Waals surface area contributed by atoms with Gasteiger partial charge in [0.1, 0.15) is 16.9 Å². The minimum atomic E-state index is -0.619. The molecule has 0 aliphatic rings. The maximum atomic E-state index is 12.4. The van der Waals surface area contributed by atoms with E-state index in [1.165, 1.54) is 6.07 Å². The summed E-state index contributed by atoms with van der Waals surface area (Å²) in [5.41, 5.74) is 1.66. The summed E-state index contributed by atoms with van der Waals surface area (Å²) >= 11 is 0. The Morgan fingerprint density at radius 3 is 2.71 bits per heavy atom. The molecule has 0 amide bonds. The lowest BCUT2D eigenvalue weighted by atomic mass is 10.1. The number of carbonyl (C=O) groups excluding carboxylic acids is 1. The van der Waals surface area contributed by atoms with Crippen molar-refractivity contribution in [2.24, 2.45) is 0 Å². The molecule has 2 aromatic carbocycles. The molecule has 7 heteroatoms. The van der Waals surface area contributed by atoms with E-state index in [2.05, 4.69) is 10.1 Å². The zero-order valence-electron chi connectivity index (χ0n) is 15.3. The van der Waals surface area contributed by atoms with Gasteiger partial charge in [0.15, 0.2) is 0 Å². The Hall–Kier alpha value is -3.74. The monoisotopic (exact) mass is 376 g/mol. The predicted molar refractivity (Wildman–Crippen MR) is 102 cm³/mol. The van der Waals surface area contributed by atoms with Gasteiger partial charge in [-0.1, -0.05) is 36.3 Å². The number of hydrogen-bond acceptors (Lipinski definition) is 7. The smallest absolute Gasteiger partial charge is 0.349 e. The second kappa shape index (κ2) is 7.11. The third-order valence-electron chi connectivity index (χ3n) is 4.27. The number of nitrogens with zero attached hydrogens (tertiary/aromatic N) is 2. The van der Waals surface area contributed by atoms with Gasteiger partial charge < -0.3 is 13.7 Å². The first-order chi connectivity index (χ1) is 13.5. The topological polar surface area (TPSA) is 95.4 Å². The van der Waals surface area contributed by atoms with E-state index >= 15 is 0 Å². The van der Waals surface area contributed by atoms with Crippen LogP contribution in [0, 0.1) is 6.92 Å². The van der Waals surface area contributed by atoms with Gasteiger partial charge in [-0.2, -0.15) is 4.98 Å². The molecule has 0 bridgehead atoms. The molecule has 140 valence electrons. The Morgan fingerprint density at radius 2 is 1.93 bits per heavy atom. The molecule has 0 saturated carbocycles. The molecule has 0 saturated heterocycles. The molecule has 2 aromatic heterocycles. The molecule has 0 spiro atoms. The molecular formula is C21H16N2O5. The van der Waals surface area contributed by atoms with Crippen LogP contribution < -0.4 is 10.4 Å². The normalized spacial score (nSPS) is 10.9. The first kappa shape index (κ1) is 17.7. The highest BCUT2D eigenvalue weighted by Crippen LogP contribution is 2.26. The molecule has 28 heavy (non-hydrogen) atoms. The van der Waals surface area contributed by atoms with Gasteiger partial charge in [-0.25, -0.2) is 4.79 Å². The van der Waals surface area contributed by atoms with Crippen molar-refractivity contribution in [2.45, 2.75) is 20.3 Å². The fourth-order valence-corrected chi connectivity index (χ4v) is 2.77. The van der Waals surface area contributed by atoms with E-state index in [0.29, 0.717) is 22.5 Å². The summed E-state index contributed by atoms with van der Waals surface area (Å²) in [5, 5.41) is 4.62. The third kappa shape index (κ3) is 3.29. The van der Waals surface area contributed by atoms with Crippen LogP contribution in [0.15, 0.2) is 62.3 Å². The van der Waals surface area contributed by atoms with E-state index in [9.17, 15) is 9.59 Å². The molecule has 0 radical (unpaired) electrons. The van der Waals surface area contributed by atoms with Gasteiger partial charge in [-0.05, 0) is 30.7 Å². The Kier molecular flexibility index (Phi) is 4.49. The van der Waals surface area contributed by atoms with Crippen molar-refractivity contribution >= 4 is 16.9 Å². The molecule has 4 aromatic rings. The van der Waals surface area contributed by atoms with Crippen molar-refractivity contribution in [1.29, 1.82) is 0 Å². The minimum Gasteiger partial charge on any atom is -0.426 e. The van der Waals surface area contributed by atoms with Crippen LogP contribution >= 0.6 is 0 Å². The number of esters is 1. The highest BCUT2D eigenvalue weighted by atomic mass is 16.5. The number of benzene rings is 2. The maximum absolute atomic E-state index is 12.4. The minimum absolute atomic E-state index is 0.0791. The Balaban J connectivity index is 1.73. The summed E-state index contributed by atoms with van der Waals surface area (Å²) in [4.78, 5) is 28.2. The molecule has 0 N–H and O–H groups in total. The number of carbonyl (C=O) groups is 1. The summed E-state index contributed by atoms with van der Waals surface area (Å²) in [6.07, 6.45) is 0.251. The third-order valence-corrected chi connectivity index (χ3v) is 4.27. The first-order valence-electron chi connectivity index (χ1n) is 8.74. The summed E-state index contributed by atoms with van der Waals surface area (Å²) in [6.45, 7) is 3.64. The van der Waals surface area contributed by atoms with Crippen LogP contribution in [0.2, 0.25) is 0 Å². The molecular weight excluding hydrogens is 360 g/mol. The SMILES string of the molecule is CCC(=O)Oc1ccc2cc(-c3nc(-c4ccccc4C)no3)c(=O)oc2c1. The summed E-state index contributed by atoms with van der Waals surface area (Å²) in [6, 6.07) is 14.1. The highest BCUT2D eigenvalue weighted by Gasteiger charge is 2.17. The number of rotatable bonds is 4. The summed E-state index contributed by atoms with van der Waals surface area (Å²) < 4.78 is 15.8. The van der Waals surface area contributed by atoms with Crippen LogP contribution in [0.25, 0.3) is 33.8 Å². The van der Waals surface area contributed by atoms with E-state index in [0.717, 1.165) is 11.1 Å². The molecule has 4 rings (SSSR count). The predicted octanol–water partition coefficient (Wildman–Crippen LogP) is 4.13. The Bertz CT molecular complexity index is 1240. The molecule has 2 heterocycles. The van der Waals surface area contributed by atoms with Crippen molar-refractivity contribution < 1.29 is 18.5 Å². The largest absolute Gasteiger partial charge is 0.426 e. The lowest BCUT2D eigenvalue weighted by Crippen LogP contribution is -2.06. The van der Waals surface area contributed by atoms with E-state index in [-0.39, 0.29) is 23.8 Å². The molecule has 0 unspecified atom stereocenters. The number of hydrogen-bond donors (Lipinski definition) is 0. The van der Waals surface area contributed by atoms with E-state index in [4.69, 9.17) is 13.7 Å². The van der Waals surface area contributed by atoms with Gasteiger partial charge >= 0.3 is 11.6 Å². The van der Waals surface area contributed by atoms with Crippen molar-refractivity contribution in [2.75, 3.05) is 0 Å². The lowest BCUT2D eigenvalue weighted by Gasteiger charge is -2.04. The van der Waals surface area contributed by atoms with Crippen LogP contribution in [-0.4, -0.2) is 16.1 Å². The van der Waals surface area contributed by atoms with Gasteiger partial charge in [-0.15, -0.1) is 0 Å². The number of aryl methyl sites for hydroxylation is 1. The van der Waals surface area contributed by atoms with Crippen LogP contribution in [0.4, 0.5) is 0 Å².